The van der Waals surface area contributed by atoms with Crippen LogP contribution in [0.3, 0.4) is 0 Å². The minimum absolute atomic E-state index is 0.00556. The minimum Gasteiger partial charge on any atom is -0.504 e. The van der Waals surface area contributed by atoms with Crippen LogP contribution in [0.5, 0.6) is 11.5 Å². The zero-order chi connectivity index (χ0) is 31.6. The van der Waals surface area contributed by atoms with E-state index in [1.54, 1.807) is 6.07 Å². The van der Waals surface area contributed by atoms with Crippen molar-refractivity contribution in [1.82, 2.24) is 10.3 Å². The number of aromatic amines is 1. The monoisotopic (exact) mass is 615 g/mol. The van der Waals surface area contributed by atoms with Gasteiger partial charge >= 0.3 is 0 Å². The molecule has 2 aromatic rings. The number of hydrogen-bond acceptors (Lipinski definition) is 6. The van der Waals surface area contributed by atoms with E-state index >= 15 is 0 Å². The molecule has 5 atom stereocenters. The molecule has 7 N–H and O–H groups in total. The summed E-state index contributed by atoms with van der Waals surface area (Å²) in [5.74, 6) is 8.30. The molecule has 2 aliphatic carbocycles. The third kappa shape index (κ3) is 8.28. The molecule has 7 nitrogen and oxygen atoms in total. The Kier molecular flexibility index (Phi) is 11.6. The highest BCUT2D eigenvalue weighted by atomic mass is 16.5. The molecule has 45 heavy (non-hydrogen) atoms. The maximum Gasteiger partial charge on any atom is 0.161 e. The molecule has 1 aliphatic heterocycles. The number of aliphatic hydroxyl groups excluding tert-OH is 2. The highest BCUT2D eigenvalue weighted by molar-refractivity contribution is 5.42. The van der Waals surface area contributed by atoms with Crippen molar-refractivity contribution in [2.24, 2.45) is 23.5 Å². The second-order valence-electron chi connectivity index (χ2n) is 13.4. The number of ether oxygens (including phenoxy) is 1. The van der Waals surface area contributed by atoms with Gasteiger partial charge in [0.2, 0.25) is 0 Å². The summed E-state index contributed by atoms with van der Waals surface area (Å²) in [4.78, 5) is 3.52. The molecule has 2 heterocycles. The van der Waals surface area contributed by atoms with Crippen molar-refractivity contribution in [3.8, 4) is 23.3 Å². The lowest BCUT2D eigenvalue weighted by Gasteiger charge is -2.39. The van der Waals surface area contributed by atoms with E-state index in [0.29, 0.717) is 56.3 Å². The molecule has 1 aromatic heterocycles. The summed E-state index contributed by atoms with van der Waals surface area (Å²) in [5.41, 5.74) is 9.72. The van der Waals surface area contributed by atoms with Gasteiger partial charge in [-0.15, -0.1) is 5.92 Å². The topological polar surface area (TPSA) is 124 Å². The van der Waals surface area contributed by atoms with Gasteiger partial charge < -0.3 is 36.1 Å². The summed E-state index contributed by atoms with van der Waals surface area (Å²) in [5, 5.41) is 35.9. The van der Waals surface area contributed by atoms with Gasteiger partial charge in [0.1, 0.15) is 0 Å². The van der Waals surface area contributed by atoms with Crippen LogP contribution in [0.2, 0.25) is 0 Å². The summed E-state index contributed by atoms with van der Waals surface area (Å²) in [6.07, 6.45) is 17.1. The molecule has 0 spiro atoms. The van der Waals surface area contributed by atoms with Gasteiger partial charge in [-0.1, -0.05) is 50.7 Å². The summed E-state index contributed by atoms with van der Waals surface area (Å²) in [7, 11) is 0. The van der Waals surface area contributed by atoms with Crippen LogP contribution < -0.4 is 15.8 Å². The fraction of sp³-hybridized carbons (Fsp3) is 0.579. The van der Waals surface area contributed by atoms with E-state index in [4.69, 9.17) is 10.5 Å². The number of H-pyrrole nitrogens is 1. The second-order valence-corrected chi connectivity index (χ2v) is 13.4. The Hall–Kier alpha value is -3.34. The van der Waals surface area contributed by atoms with E-state index in [-0.39, 0.29) is 23.0 Å². The van der Waals surface area contributed by atoms with Crippen LogP contribution >= 0.6 is 0 Å². The first-order valence-corrected chi connectivity index (χ1v) is 17.2. The Morgan fingerprint density at radius 1 is 1.11 bits per heavy atom. The van der Waals surface area contributed by atoms with Gasteiger partial charge in [-0.2, -0.15) is 0 Å². The van der Waals surface area contributed by atoms with Gasteiger partial charge in [-0.25, -0.2) is 0 Å². The Morgan fingerprint density at radius 3 is 2.69 bits per heavy atom. The van der Waals surface area contributed by atoms with Crippen LogP contribution in [0, 0.1) is 29.6 Å². The number of allylic oxidation sites excluding steroid dienone is 2. The number of aryl methyl sites for hydroxylation is 1. The lowest BCUT2D eigenvalue weighted by molar-refractivity contribution is 0.00559. The molecule has 7 heteroatoms. The Morgan fingerprint density at radius 2 is 1.93 bits per heavy atom. The van der Waals surface area contributed by atoms with Crippen molar-refractivity contribution in [2.75, 3.05) is 13.2 Å². The van der Waals surface area contributed by atoms with Crippen molar-refractivity contribution >= 4 is 0 Å². The zero-order valence-corrected chi connectivity index (χ0v) is 26.9. The summed E-state index contributed by atoms with van der Waals surface area (Å²) in [6, 6.07) is 9.76. The molecule has 0 radical (unpaired) electrons. The first kappa shape index (κ1) is 33.0. The summed E-state index contributed by atoms with van der Waals surface area (Å²) < 4.78 is 6.29. The number of nitrogens with one attached hydrogen (secondary N) is 2. The predicted octanol–water partition coefficient (Wildman–Crippen LogP) is 6.21. The largest absolute Gasteiger partial charge is 0.504 e. The lowest BCUT2D eigenvalue weighted by Crippen LogP contribution is -2.37. The summed E-state index contributed by atoms with van der Waals surface area (Å²) in [6.45, 7) is 3.35. The number of hydrogen-bond donors (Lipinski definition) is 6. The number of aliphatic hydroxyl groups is 2. The molecule has 1 aromatic carbocycles. The number of phenols is 1. The third-order valence-corrected chi connectivity index (χ3v) is 10.5. The van der Waals surface area contributed by atoms with E-state index < -0.39 is 12.2 Å². The van der Waals surface area contributed by atoms with Crippen molar-refractivity contribution in [3.63, 3.8) is 0 Å². The average Bonchev–Trinajstić information content (AvgIpc) is 3.76. The average molecular weight is 616 g/mol. The van der Waals surface area contributed by atoms with Crippen LogP contribution in [-0.2, 0) is 11.8 Å². The van der Waals surface area contributed by atoms with Crippen LogP contribution in [0.15, 0.2) is 60.1 Å². The van der Waals surface area contributed by atoms with Gasteiger partial charge in [0.15, 0.2) is 11.5 Å². The van der Waals surface area contributed by atoms with E-state index in [9.17, 15) is 15.3 Å². The van der Waals surface area contributed by atoms with Crippen molar-refractivity contribution in [2.45, 2.75) is 108 Å². The molecule has 0 amide bonds. The van der Waals surface area contributed by atoms with Gasteiger partial charge in [0, 0.05) is 42.1 Å². The standard InChI is InChI=1S/C38H53N3O4/c1-2-27-9-3-4-12-32(42)30(11-7-10-27)33(43)16-14-28-15-17-34(44)35(25-28)45-24-19-31(29-18-23-41-37(39)26-29)38(20-5-6-21-38)36-13-8-22-40-36/h8,13,15,17-18,22,25-27,30-33,40-44H,2-6,9,11-12,14,16,19-21,23-24,39H2,1H3/t27-,30+,31-,32+,33-/m1/s1. The van der Waals surface area contributed by atoms with Crippen LogP contribution in [0.4, 0.5) is 0 Å². The molecule has 244 valence electrons. The molecule has 0 unspecified atom stereocenters. The smallest absolute Gasteiger partial charge is 0.161 e. The predicted molar refractivity (Wildman–Crippen MR) is 179 cm³/mol. The first-order valence-electron chi connectivity index (χ1n) is 17.2. The van der Waals surface area contributed by atoms with E-state index in [1.807, 2.05) is 18.3 Å². The molecule has 0 saturated heterocycles. The molecular weight excluding hydrogens is 562 g/mol. The van der Waals surface area contributed by atoms with Crippen molar-refractivity contribution < 1.29 is 20.1 Å². The molecule has 1 saturated carbocycles. The number of nitrogens with two attached hydrogens (primary N) is 1. The van der Waals surface area contributed by atoms with Crippen LogP contribution in [-0.4, -0.2) is 45.7 Å². The first-order chi connectivity index (χ1) is 21.9. The van der Waals surface area contributed by atoms with E-state index in [2.05, 4.69) is 53.4 Å². The fourth-order valence-corrected chi connectivity index (χ4v) is 7.86. The quantitative estimate of drug-likeness (QED) is 0.158. The van der Waals surface area contributed by atoms with Crippen molar-refractivity contribution in [3.05, 3.63) is 71.3 Å². The Labute approximate surface area is 269 Å². The minimum atomic E-state index is -0.651. The van der Waals surface area contributed by atoms with Gasteiger partial charge in [-0.05, 0) is 98.8 Å². The maximum atomic E-state index is 11.1. The Bertz CT molecular complexity index is 1350. The molecular formula is C38H53N3O4. The number of aromatic hydroxyl groups is 1. The number of benzene rings is 1. The highest BCUT2D eigenvalue weighted by Crippen LogP contribution is 2.50. The van der Waals surface area contributed by atoms with E-state index in [1.165, 1.54) is 24.1 Å². The van der Waals surface area contributed by atoms with Crippen LogP contribution in [0.25, 0.3) is 0 Å². The highest BCUT2D eigenvalue weighted by Gasteiger charge is 2.44. The zero-order valence-electron chi connectivity index (χ0n) is 26.9. The molecule has 5 rings (SSSR count). The Balaban J connectivity index is 1.24. The third-order valence-electron chi connectivity index (χ3n) is 10.5. The number of rotatable bonds is 12. The summed E-state index contributed by atoms with van der Waals surface area (Å²) >= 11 is 0. The fourth-order valence-electron chi connectivity index (χ4n) is 7.86. The van der Waals surface area contributed by atoms with Gasteiger partial charge in [0.25, 0.3) is 0 Å². The van der Waals surface area contributed by atoms with E-state index in [0.717, 1.165) is 50.5 Å². The van der Waals surface area contributed by atoms with Gasteiger partial charge in [-0.3, -0.25) is 0 Å². The van der Waals surface area contributed by atoms with Crippen molar-refractivity contribution in [1.29, 1.82) is 0 Å². The normalized spacial score (nSPS) is 24.7. The lowest BCUT2D eigenvalue weighted by atomic mass is 9.66. The maximum absolute atomic E-state index is 11.1. The second kappa shape index (κ2) is 15.8. The molecule has 3 aliphatic rings. The molecule has 1 fully saturated rings. The van der Waals surface area contributed by atoms with Gasteiger partial charge in [0.05, 0.1) is 24.6 Å². The SMILES string of the molecule is CC[C@H]1C#CC[C@H]([C@H](O)CCc2ccc(O)c(OCC[C@H](C3=CCNC(N)=C3)C3(c4ccc[nH]4)CCCC3)c2)[C@@H](O)CCCC1. The number of dihydropyridines is 1. The molecule has 0 bridgehead atoms. The number of aromatic nitrogens is 1. The van der Waals surface area contributed by atoms with Crippen LogP contribution in [0.1, 0.15) is 95.2 Å². The number of phenolic OH excluding ortho intramolecular Hbond substituents is 1.